The van der Waals surface area contributed by atoms with Crippen LogP contribution in [0, 0.1) is 11.6 Å². The van der Waals surface area contributed by atoms with Gasteiger partial charge in [0, 0.05) is 11.9 Å². The van der Waals surface area contributed by atoms with Crippen LogP contribution >= 0.6 is 0 Å². The third-order valence-electron chi connectivity index (χ3n) is 2.47. The molecule has 2 aromatic rings. The van der Waals surface area contributed by atoms with Crippen molar-refractivity contribution >= 4 is 17.6 Å². The Morgan fingerprint density at radius 3 is 2.45 bits per heavy atom. The average Bonchev–Trinajstić information content (AvgIpc) is 2.38. The quantitative estimate of drug-likeness (QED) is 0.903. The van der Waals surface area contributed by atoms with Gasteiger partial charge in [-0.3, -0.25) is 9.78 Å². The van der Waals surface area contributed by atoms with Gasteiger partial charge in [-0.05, 0) is 24.3 Å². The van der Waals surface area contributed by atoms with Gasteiger partial charge in [0.1, 0.15) is 5.82 Å². The Bertz CT molecular complexity index is 689. The monoisotopic (exact) mass is 278 g/mol. The molecule has 1 aromatic carbocycles. The van der Waals surface area contributed by atoms with Crippen LogP contribution in [0.2, 0.25) is 0 Å². The Kier molecular flexibility index (Phi) is 3.69. The summed E-state index contributed by atoms with van der Waals surface area (Å²) in [5.41, 5.74) is -0.741. The minimum Gasteiger partial charge on any atom is -0.478 e. The zero-order valence-electron chi connectivity index (χ0n) is 9.93. The van der Waals surface area contributed by atoms with Crippen LogP contribution in [0.25, 0.3) is 0 Å². The average molecular weight is 278 g/mol. The van der Waals surface area contributed by atoms with Crippen molar-refractivity contribution in [2.45, 2.75) is 0 Å². The molecule has 1 amide bonds. The van der Waals surface area contributed by atoms with Crippen LogP contribution in [0.1, 0.15) is 20.7 Å². The molecule has 5 nitrogen and oxygen atoms in total. The normalized spacial score (nSPS) is 10.1. The first-order chi connectivity index (χ1) is 9.49. The van der Waals surface area contributed by atoms with E-state index < -0.39 is 29.1 Å². The molecule has 1 heterocycles. The standard InChI is InChI=1S/C13H8F2N2O3/c14-10-5-7(1-2-9(10)13(19)20)17-12(18)8-3-4-16-6-11(8)15/h1-6H,(H,17,18)(H,19,20). The molecule has 0 fully saturated rings. The summed E-state index contributed by atoms with van der Waals surface area (Å²) in [6.45, 7) is 0. The molecular formula is C13H8F2N2O3. The van der Waals surface area contributed by atoms with E-state index in [0.29, 0.717) is 0 Å². The van der Waals surface area contributed by atoms with Gasteiger partial charge < -0.3 is 10.4 Å². The molecule has 0 unspecified atom stereocenters. The van der Waals surface area contributed by atoms with Gasteiger partial charge in [-0.1, -0.05) is 0 Å². The van der Waals surface area contributed by atoms with Crippen LogP contribution in [-0.2, 0) is 0 Å². The predicted octanol–water partition coefficient (Wildman–Crippen LogP) is 2.31. The SMILES string of the molecule is O=C(O)c1ccc(NC(=O)c2ccncc2F)cc1F. The van der Waals surface area contributed by atoms with Crippen LogP contribution in [0.4, 0.5) is 14.5 Å². The number of nitrogens with one attached hydrogen (secondary N) is 1. The molecule has 0 radical (unpaired) electrons. The molecule has 0 aliphatic heterocycles. The molecule has 0 atom stereocenters. The van der Waals surface area contributed by atoms with Crippen LogP contribution in [0.5, 0.6) is 0 Å². The van der Waals surface area contributed by atoms with Crippen LogP contribution in [-0.4, -0.2) is 22.0 Å². The smallest absolute Gasteiger partial charge is 0.338 e. The number of aromatic carboxylic acids is 1. The van der Waals surface area contributed by atoms with E-state index in [1.807, 2.05) is 0 Å². The van der Waals surface area contributed by atoms with E-state index in [9.17, 15) is 18.4 Å². The van der Waals surface area contributed by atoms with Gasteiger partial charge in [0.25, 0.3) is 5.91 Å². The summed E-state index contributed by atoms with van der Waals surface area (Å²) in [6.07, 6.45) is 2.12. The molecule has 0 saturated heterocycles. The number of aromatic nitrogens is 1. The largest absolute Gasteiger partial charge is 0.478 e. The minimum absolute atomic E-state index is 0.0220. The van der Waals surface area contributed by atoms with Gasteiger partial charge in [-0.25, -0.2) is 13.6 Å². The van der Waals surface area contributed by atoms with Crippen molar-refractivity contribution in [2.75, 3.05) is 5.32 Å². The molecule has 7 heteroatoms. The van der Waals surface area contributed by atoms with E-state index in [4.69, 9.17) is 5.11 Å². The highest BCUT2D eigenvalue weighted by atomic mass is 19.1. The molecule has 0 aliphatic rings. The lowest BCUT2D eigenvalue weighted by Gasteiger charge is -2.06. The lowest BCUT2D eigenvalue weighted by Crippen LogP contribution is -2.14. The number of nitrogens with zero attached hydrogens (tertiary/aromatic N) is 1. The Labute approximate surface area is 111 Å². The molecular weight excluding hydrogens is 270 g/mol. The fourth-order valence-corrected chi connectivity index (χ4v) is 1.52. The molecule has 102 valence electrons. The van der Waals surface area contributed by atoms with E-state index in [0.717, 1.165) is 18.3 Å². The molecule has 0 spiro atoms. The summed E-state index contributed by atoms with van der Waals surface area (Å²) in [5.74, 6) is -4.01. The van der Waals surface area contributed by atoms with Crippen molar-refractivity contribution < 1.29 is 23.5 Å². The third-order valence-corrected chi connectivity index (χ3v) is 2.47. The maximum absolute atomic E-state index is 13.4. The number of carboxylic acid groups (broad SMARTS) is 1. The van der Waals surface area contributed by atoms with Crippen molar-refractivity contribution in [3.8, 4) is 0 Å². The van der Waals surface area contributed by atoms with Crippen molar-refractivity contribution in [2.24, 2.45) is 0 Å². The predicted molar refractivity (Wildman–Crippen MR) is 65.5 cm³/mol. The van der Waals surface area contributed by atoms with E-state index in [-0.39, 0.29) is 11.3 Å². The zero-order chi connectivity index (χ0) is 14.7. The number of hydrogen-bond donors (Lipinski definition) is 2. The number of pyridine rings is 1. The number of hydrogen-bond acceptors (Lipinski definition) is 3. The van der Waals surface area contributed by atoms with Crippen LogP contribution in [0.3, 0.4) is 0 Å². The van der Waals surface area contributed by atoms with Crippen molar-refractivity contribution in [3.63, 3.8) is 0 Å². The second-order valence-corrected chi connectivity index (χ2v) is 3.81. The first kappa shape index (κ1) is 13.6. The van der Waals surface area contributed by atoms with Crippen molar-refractivity contribution in [1.82, 2.24) is 4.98 Å². The summed E-state index contributed by atoms with van der Waals surface area (Å²) in [5, 5.41) is 10.9. The highest BCUT2D eigenvalue weighted by Crippen LogP contribution is 2.16. The van der Waals surface area contributed by atoms with E-state index in [2.05, 4.69) is 10.3 Å². The number of halogens is 2. The molecule has 1 aromatic heterocycles. The molecule has 0 bridgehead atoms. The molecule has 2 rings (SSSR count). The van der Waals surface area contributed by atoms with Crippen molar-refractivity contribution in [1.29, 1.82) is 0 Å². The number of rotatable bonds is 3. The molecule has 0 saturated carbocycles. The zero-order valence-corrected chi connectivity index (χ0v) is 9.93. The van der Waals surface area contributed by atoms with E-state index in [1.54, 1.807) is 0 Å². The molecule has 20 heavy (non-hydrogen) atoms. The number of carbonyl (C=O) groups is 2. The highest BCUT2D eigenvalue weighted by molar-refractivity contribution is 6.04. The summed E-state index contributed by atoms with van der Waals surface area (Å²) >= 11 is 0. The van der Waals surface area contributed by atoms with Gasteiger partial charge in [0.2, 0.25) is 0 Å². The number of anilines is 1. The maximum atomic E-state index is 13.4. The van der Waals surface area contributed by atoms with Gasteiger partial charge >= 0.3 is 5.97 Å². The van der Waals surface area contributed by atoms with Gasteiger partial charge in [0.15, 0.2) is 5.82 Å². The Morgan fingerprint density at radius 1 is 1.10 bits per heavy atom. The lowest BCUT2D eigenvalue weighted by molar-refractivity contribution is 0.0692. The Hall–Kier alpha value is -2.83. The summed E-state index contributed by atoms with van der Waals surface area (Å²) in [6, 6.07) is 4.24. The van der Waals surface area contributed by atoms with Gasteiger partial charge in [0.05, 0.1) is 17.3 Å². The fraction of sp³-hybridized carbons (Fsp3) is 0. The van der Waals surface area contributed by atoms with E-state index in [1.165, 1.54) is 18.3 Å². The third kappa shape index (κ3) is 2.77. The number of carbonyl (C=O) groups excluding carboxylic acids is 1. The Morgan fingerprint density at radius 2 is 1.85 bits per heavy atom. The second kappa shape index (κ2) is 5.43. The van der Waals surface area contributed by atoms with Gasteiger partial charge in [-0.2, -0.15) is 0 Å². The molecule has 2 N–H and O–H groups in total. The number of benzene rings is 1. The minimum atomic E-state index is -1.42. The van der Waals surface area contributed by atoms with Gasteiger partial charge in [-0.15, -0.1) is 0 Å². The van der Waals surface area contributed by atoms with Crippen LogP contribution < -0.4 is 5.32 Å². The summed E-state index contributed by atoms with van der Waals surface area (Å²) < 4.78 is 26.7. The summed E-state index contributed by atoms with van der Waals surface area (Å²) in [7, 11) is 0. The van der Waals surface area contributed by atoms with E-state index >= 15 is 0 Å². The topological polar surface area (TPSA) is 79.3 Å². The first-order valence-electron chi connectivity index (χ1n) is 5.42. The summed E-state index contributed by atoms with van der Waals surface area (Å²) in [4.78, 5) is 25.9. The lowest BCUT2D eigenvalue weighted by atomic mass is 10.2. The number of carboxylic acids is 1. The molecule has 0 aliphatic carbocycles. The second-order valence-electron chi connectivity index (χ2n) is 3.81. The van der Waals surface area contributed by atoms with Crippen molar-refractivity contribution in [3.05, 3.63) is 59.4 Å². The fourth-order valence-electron chi connectivity index (χ4n) is 1.52. The number of amides is 1. The maximum Gasteiger partial charge on any atom is 0.338 e. The first-order valence-corrected chi connectivity index (χ1v) is 5.42. The Balaban J connectivity index is 2.23. The van der Waals surface area contributed by atoms with Crippen LogP contribution in [0.15, 0.2) is 36.7 Å². The highest BCUT2D eigenvalue weighted by Gasteiger charge is 2.14.